The summed E-state index contributed by atoms with van der Waals surface area (Å²) in [6.07, 6.45) is 2.97. The van der Waals surface area contributed by atoms with Crippen molar-refractivity contribution in [2.75, 3.05) is 6.54 Å². The van der Waals surface area contributed by atoms with Crippen molar-refractivity contribution in [3.05, 3.63) is 15.8 Å². The fourth-order valence-electron chi connectivity index (χ4n) is 2.03. The minimum absolute atomic E-state index is 0.0507. The van der Waals surface area contributed by atoms with Crippen LogP contribution in [-0.2, 0) is 9.05 Å². The summed E-state index contributed by atoms with van der Waals surface area (Å²) in [4.78, 5) is 15.3. The van der Waals surface area contributed by atoms with Crippen LogP contribution in [0.5, 0.6) is 0 Å². The molecule has 0 aromatic carbocycles. The van der Waals surface area contributed by atoms with E-state index in [4.69, 9.17) is 10.7 Å². The third-order valence-electron chi connectivity index (χ3n) is 3.06. The minimum Gasteiger partial charge on any atom is -0.335 e. The van der Waals surface area contributed by atoms with Crippen LogP contribution in [0.15, 0.2) is 11.0 Å². The second-order valence-electron chi connectivity index (χ2n) is 4.70. The standard InChI is InChI=1S/C12H16ClNO3S2/c1-3-6-14(9-4-5-9)12(15)10-7-11(8(2)18-10)19(13,16)17/h7,9H,3-6H2,1-2H3. The Kier molecular flexibility index (Phi) is 4.23. The van der Waals surface area contributed by atoms with E-state index in [0.717, 1.165) is 19.3 Å². The molecule has 106 valence electrons. The molecule has 0 N–H and O–H groups in total. The monoisotopic (exact) mass is 321 g/mol. The van der Waals surface area contributed by atoms with E-state index in [1.54, 1.807) is 6.92 Å². The summed E-state index contributed by atoms with van der Waals surface area (Å²) in [6, 6.07) is 1.72. The van der Waals surface area contributed by atoms with E-state index < -0.39 is 9.05 Å². The summed E-state index contributed by atoms with van der Waals surface area (Å²) < 4.78 is 22.8. The second-order valence-corrected chi connectivity index (χ2v) is 8.49. The molecule has 1 aromatic rings. The average molecular weight is 322 g/mol. The molecule has 0 unspecified atom stereocenters. The molecule has 0 aliphatic heterocycles. The van der Waals surface area contributed by atoms with Gasteiger partial charge in [-0.25, -0.2) is 8.42 Å². The molecule has 4 nitrogen and oxygen atoms in total. The third-order valence-corrected chi connectivity index (χ3v) is 5.67. The van der Waals surface area contributed by atoms with Gasteiger partial charge in [0.2, 0.25) is 0 Å². The molecule has 2 rings (SSSR count). The molecule has 0 spiro atoms. The topological polar surface area (TPSA) is 54.5 Å². The van der Waals surface area contributed by atoms with Crippen molar-refractivity contribution in [1.82, 2.24) is 4.90 Å². The number of hydrogen-bond donors (Lipinski definition) is 0. The number of nitrogens with zero attached hydrogens (tertiary/aromatic N) is 1. The maximum absolute atomic E-state index is 12.4. The first kappa shape index (κ1) is 14.8. The first-order valence-corrected chi connectivity index (χ1v) is 9.33. The van der Waals surface area contributed by atoms with Crippen LogP contribution >= 0.6 is 22.0 Å². The Morgan fingerprint density at radius 2 is 2.16 bits per heavy atom. The van der Waals surface area contributed by atoms with Crippen molar-refractivity contribution in [3.63, 3.8) is 0 Å². The highest BCUT2D eigenvalue weighted by molar-refractivity contribution is 8.13. The van der Waals surface area contributed by atoms with Gasteiger partial charge in [-0.1, -0.05) is 6.92 Å². The lowest BCUT2D eigenvalue weighted by molar-refractivity contribution is 0.0748. The molecule has 7 heteroatoms. The van der Waals surface area contributed by atoms with Crippen molar-refractivity contribution in [1.29, 1.82) is 0 Å². The van der Waals surface area contributed by atoms with Gasteiger partial charge < -0.3 is 4.90 Å². The Morgan fingerprint density at radius 1 is 1.53 bits per heavy atom. The molecule has 1 aliphatic rings. The molecule has 1 fully saturated rings. The van der Waals surface area contributed by atoms with E-state index >= 15 is 0 Å². The largest absolute Gasteiger partial charge is 0.335 e. The van der Waals surface area contributed by atoms with Crippen LogP contribution in [0.2, 0.25) is 0 Å². The molecular formula is C12H16ClNO3S2. The van der Waals surface area contributed by atoms with Gasteiger partial charge in [0.15, 0.2) is 0 Å². The summed E-state index contributed by atoms with van der Waals surface area (Å²) in [5, 5.41) is 0. The fraction of sp³-hybridized carbons (Fsp3) is 0.583. The van der Waals surface area contributed by atoms with Gasteiger partial charge in [0, 0.05) is 28.1 Å². The first-order valence-electron chi connectivity index (χ1n) is 6.20. The molecule has 1 heterocycles. The number of thiophene rings is 1. The van der Waals surface area contributed by atoms with Crippen LogP contribution in [0.25, 0.3) is 0 Å². The average Bonchev–Trinajstić information content (AvgIpc) is 3.06. The van der Waals surface area contributed by atoms with E-state index in [-0.39, 0.29) is 10.8 Å². The second kappa shape index (κ2) is 5.42. The van der Waals surface area contributed by atoms with Crippen molar-refractivity contribution >= 4 is 37.0 Å². The Hall–Kier alpha value is -0.590. The summed E-state index contributed by atoms with van der Waals surface area (Å²) >= 11 is 1.19. The van der Waals surface area contributed by atoms with E-state index in [2.05, 4.69) is 0 Å². The van der Waals surface area contributed by atoms with Gasteiger partial charge in [-0.15, -0.1) is 11.3 Å². The van der Waals surface area contributed by atoms with E-state index in [9.17, 15) is 13.2 Å². The lowest BCUT2D eigenvalue weighted by atomic mass is 10.3. The normalized spacial score (nSPS) is 15.5. The predicted molar refractivity (Wildman–Crippen MR) is 76.4 cm³/mol. The number of halogens is 1. The zero-order valence-corrected chi connectivity index (χ0v) is 13.2. The van der Waals surface area contributed by atoms with Gasteiger partial charge in [-0.05, 0) is 32.3 Å². The van der Waals surface area contributed by atoms with Crippen LogP contribution in [0.4, 0.5) is 0 Å². The maximum atomic E-state index is 12.4. The van der Waals surface area contributed by atoms with Crippen LogP contribution in [0, 0.1) is 6.92 Å². The Labute approximate surface area is 121 Å². The van der Waals surface area contributed by atoms with Gasteiger partial charge in [-0.2, -0.15) is 0 Å². The van der Waals surface area contributed by atoms with Crippen molar-refractivity contribution in [3.8, 4) is 0 Å². The van der Waals surface area contributed by atoms with E-state index in [0.29, 0.717) is 22.3 Å². The number of hydrogen-bond acceptors (Lipinski definition) is 4. The number of aryl methyl sites for hydroxylation is 1. The molecule has 0 atom stereocenters. The highest BCUT2D eigenvalue weighted by atomic mass is 35.7. The van der Waals surface area contributed by atoms with E-state index in [1.165, 1.54) is 17.4 Å². The molecular weight excluding hydrogens is 306 g/mol. The molecule has 1 saturated carbocycles. The van der Waals surface area contributed by atoms with Crippen molar-refractivity contribution < 1.29 is 13.2 Å². The molecule has 1 amide bonds. The zero-order chi connectivity index (χ0) is 14.2. The molecule has 0 radical (unpaired) electrons. The Balaban J connectivity index is 2.28. The quantitative estimate of drug-likeness (QED) is 0.783. The van der Waals surface area contributed by atoms with Crippen LogP contribution in [0.1, 0.15) is 40.7 Å². The smallest absolute Gasteiger partial charge is 0.264 e. The zero-order valence-electron chi connectivity index (χ0n) is 10.8. The number of amides is 1. The predicted octanol–water partition coefficient (Wildman–Crippen LogP) is 3.00. The van der Waals surface area contributed by atoms with Crippen molar-refractivity contribution in [2.45, 2.75) is 44.0 Å². The van der Waals surface area contributed by atoms with Crippen molar-refractivity contribution in [2.24, 2.45) is 0 Å². The first-order chi connectivity index (χ1) is 8.84. The number of rotatable bonds is 5. The number of carbonyl (C=O) groups is 1. The SMILES string of the molecule is CCCN(C(=O)c1cc(S(=O)(=O)Cl)c(C)s1)C1CC1. The van der Waals surface area contributed by atoms with Crippen LogP contribution in [-0.4, -0.2) is 31.8 Å². The molecule has 0 saturated heterocycles. The van der Waals surface area contributed by atoms with Gasteiger partial charge >= 0.3 is 0 Å². The summed E-state index contributed by atoms with van der Waals surface area (Å²) in [5.74, 6) is -0.0796. The summed E-state index contributed by atoms with van der Waals surface area (Å²) in [5.41, 5.74) is 0. The fourth-order valence-corrected chi connectivity index (χ4v) is 4.65. The van der Waals surface area contributed by atoms with Gasteiger partial charge in [0.05, 0.1) is 9.77 Å². The Morgan fingerprint density at radius 3 is 2.58 bits per heavy atom. The Bertz CT molecular complexity index is 590. The van der Waals surface area contributed by atoms with Gasteiger partial charge in [0.25, 0.3) is 15.0 Å². The summed E-state index contributed by atoms with van der Waals surface area (Å²) in [7, 11) is 1.57. The lowest BCUT2D eigenvalue weighted by Gasteiger charge is -2.20. The van der Waals surface area contributed by atoms with E-state index in [1.807, 2.05) is 11.8 Å². The highest BCUT2D eigenvalue weighted by Crippen LogP contribution is 2.33. The minimum atomic E-state index is -3.78. The van der Waals surface area contributed by atoms with Crippen LogP contribution < -0.4 is 0 Å². The third kappa shape index (κ3) is 3.30. The molecule has 0 bridgehead atoms. The van der Waals surface area contributed by atoms with Gasteiger partial charge in [0.1, 0.15) is 0 Å². The maximum Gasteiger partial charge on any atom is 0.264 e. The molecule has 1 aliphatic carbocycles. The van der Waals surface area contributed by atoms with Gasteiger partial charge in [-0.3, -0.25) is 4.79 Å². The highest BCUT2D eigenvalue weighted by Gasteiger charge is 2.33. The van der Waals surface area contributed by atoms with Crippen LogP contribution in [0.3, 0.4) is 0 Å². The summed E-state index contributed by atoms with van der Waals surface area (Å²) in [6.45, 7) is 4.40. The molecule has 1 aromatic heterocycles. The lowest BCUT2D eigenvalue weighted by Crippen LogP contribution is -2.33. The molecule has 19 heavy (non-hydrogen) atoms. The number of carbonyl (C=O) groups excluding carboxylic acids is 1.